The van der Waals surface area contributed by atoms with E-state index in [1.165, 1.54) is 14.7 Å². The molecule has 0 fully saturated rings. The van der Waals surface area contributed by atoms with Crippen LogP contribution >= 0.6 is 0 Å². The first-order valence-electron chi connectivity index (χ1n) is 28.9. The van der Waals surface area contributed by atoms with E-state index >= 15 is 0 Å². The molecule has 416 valence electrons. The van der Waals surface area contributed by atoms with E-state index in [9.17, 15) is 28.8 Å². The third kappa shape index (κ3) is 8.66. The fraction of sp³-hybridized carbons (Fsp3) is 0.174. The van der Waals surface area contributed by atoms with Gasteiger partial charge in [-0.25, -0.2) is 15.0 Å². The van der Waals surface area contributed by atoms with E-state index in [2.05, 4.69) is 18.6 Å². The van der Waals surface area contributed by atoms with Crippen LogP contribution in [-0.4, -0.2) is 103 Å². The van der Waals surface area contributed by atoms with Crippen LogP contribution in [0, 0.1) is 0 Å². The number of benzene rings is 9. The van der Waals surface area contributed by atoms with Crippen molar-refractivity contribution < 1.29 is 28.8 Å². The highest BCUT2D eigenvalue weighted by Crippen LogP contribution is 2.34. The number of imide groups is 3. The van der Waals surface area contributed by atoms with Gasteiger partial charge in [0.2, 0.25) is 0 Å². The molecule has 6 heterocycles. The highest BCUT2D eigenvalue weighted by molar-refractivity contribution is 6.27. The van der Waals surface area contributed by atoms with Crippen LogP contribution in [0.2, 0.25) is 0 Å². The van der Waals surface area contributed by atoms with Crippen LogP contribution in [0.3, 0.4) is 0 Å². The molecule has 0 aliphatic carbocycles. The number of carbonyl (C=O) groups excluding carboxylic acids is 6. The molecular formula is C69H54N10O6. The number of para-hydroxylation sites is 6. The molecule has 0 unspecified atom stereocenters. The van der Waals surface area contributed by atoms with E-state index in [0.29, 0.717) is 108 Å². The summed E-state index contributed by atoms with van der Waals surface area (Å²) in [7, 11) is 0. The normalized spacial score (nSPS) is 14.2. The summed E-state index contributed by atoms with van der Waals surface area (Å²) in [5.74, 6) is 0.417. The van der Waals surface area contributed by atoms with Gasteiger partial charge in [0.25, 0.3) is 35.4 Å². The Hall–Kier alpha value is -10.5. The number of carbonyl (C=O) groups is 6. The Morgan fingerprint density at radius 3 is 0.788 bits per heavy atom. The van der Waals surface area contributed by atoms with E-state index < -0.39 is 0 Å². The summed E-state index contributed by atoms with van der Waals surface area (Å²) in [6.45, 7) is 2.89. The third-order valence-corrected chi connectivity index (χ3v) is 17.2. The molecule has 3 aromatic heterocycles. The average Bonchev–Trinajstić information content (AvgIpc) is 2.06. The topological polar surface area (TPSA) is 169 Å². The summed E-state index contributed by atoms with van der Waals surface area (Å²) < 4.78 is 6.54. The van der Waals surface area contributed by atoms with Crippen LogP contribution < -0.4 is 0 Å². The molecule has 3 aliphatic rings. The Labute approximate surface area is 486 Å². The lowest BCUT2D eigenvalue weighted by atomic mass is 9.94. The first-order chi connectivity index (χ1) is 41.7. The maximum atomic E-state index is 14.1. The maximum absolute atomic E-state index is 14.1. The Morgan fingerprint density at radius 1 is 0.282 bits per heavy atom. The molecular weight excluding hydrogens is 1060 g/mol. The second-order valence-electron chi connectivity index (χ2n) is 22.1. The molecule has 15 rings (SSSR count). The van der Waals surface area contributed by atoms with Crippen LogP contribution in [0.25, 0.3) is 65.4 Å². The highest BCUT2D eigenvalue weighted by Gasteiger charge is 2.36. The third-order valence-electron chi connectivity index (χ3n) is 17.2. The second kappa shape index (κ2) is 20.8. The lowest BCUT2D eigenvalue weighted by molar-refractivity contribution is 0.0591. The van der Waals surface area contributed by atoms with E-state index in [0.717, 1.165) is 66.7 Å². The number of imidazole rings is 3. The number of aromatic nitrogens is 6. The minimum atomic E-state index is -0.309. The SMILES string of the molecule is O=C1c2cccc3cccc(c23)C(=O)N1CCCn1c(CN(Cc2nc3ccccc3n2CCCN2C(=O)c3cccc4cccc(c34)C2=O)Cc2nc3ccccc3n2CCCN2C(=O)c3cccc4cccc(c34)C2=O)nc2ccccc21. The summed E-state index contributed by atoms with van der Waals surface area (Å²) in [5, 5.41) is 4.63. The van der Waals surface area contributed by atoms with Gasteiger partial charge in [-0.3, -0.25) is 48.4 Å². The molecule has 0 radical (unpaired) electrons. The quantitative estimate of drug-likeness (QED) is 0.0754. The first kappa shape index (κ1) is 51.4. The predicted molar refractivity (Wildman–Crippen MR) is 324 cm³/mol. The van der Waals surface area contributed by atoms with Gasteiger partial charge in [-0.1, -0.05) is 109 Å². The number of rotatable bonds is 18. The van der Waals surface area contributed by atoms with Crippen LogP contribution in [0.15, 0.2) is 182 Å². The summed E-state index contributed by atoms with van der Waals surface area (Å²) in [6.07, 6.45) is 1.38. The standard InChI is InChI=1S/C69H54N10O6/c80-64-46-22-7-16-43-17-8-23-47(61(43)46)65(81)77(64)37-13-34-74-55-31-4-1-28-52(55)70-58(74)40-73(41-59-71-53-29-2-5-32-56(53)75(59)35-14-38-78-66(82)48-24-9-18-44-19-10-25-49(62(44)48)67(78)83)42-60-72-54-30-3-6-33-57(54)76(60)36-15-39-79-68(84)50-26-11-20-45-21-12-27-51(63(45)50)69(79)85/h1-12,16-33H,13-15,34-42H2. The number of fused-ring (bicyclic) bond motifs is 3. The van der Waals surface area contributed by atoms with Crippen molar-refractivity contribution in [1.82, 2.24) is 48.3 Å². The summed E-state index contributed by atoms with van der Waals surface area (Å²) in [6, 6.07) is 57.3. The molecule has 0 bridgehead atoms. The summed E-state index contributed by atoms with van der Waals surface area (Å²) in [5.41, 5.74) is 8.21. The fourth-order valence-electron chi connectivity index (χ4n) is 13.3. The monoisotopic (exact) mass is 1120 g/mol. The maximum Gasteiger partial charge on any atom is 0.261 e. The Morgan fingerprint density at radius 2 is 0.529 bits per heavy atom. The van der Waals surface area contributed by atoms with Crippen LogP contribution in [0.1, 0.15) is 98.9 Å². The smallest absolute Gasteiger partial charge is 0.261 e. The zero-order valence-corrected chi connectivity index (χ0v) is 46.2. The number of hydrogen-bond donors (Lipinski definition) is 0. The number of aryl methyl sites for hydroxylation is 3. The van der Waals surface area contributed by atoms with E-state index in [1.54, 1.807) is 36.4 Å². The van der Waals surface area contributed by atoms with Crippen molar-refractivity contribution in [3.8, 4) is 0 Å². The minimum absolute atomic E-state index is 0.194. The molecule has 0 N–H and O–H groups in total. The van der Waals surface area contributed by atoms with Gasteiger partial charge in [-0.05, 0) is 108 Å². The molecule has 16 nitrogen and oxygen atoms in total. The van der Waals surface area contributed by atoms with E-state index in [-0.39, 0.29) is 55.1 Å². The van der Waals surface area contributed by atoms with Gasteiger partial charge in [0, 0.05) is 88.8 Å². The average molecular weight is 1120 g/mol. The molecule has 85 heavy (non-hydrogen) atoms. The zero-order chi connectivity index (χ0) is 57.4. The van der Waals surface area contributed by atoms with E-state index in [1.807, 2.05) is 146 Å². The summed E-state index contributed by atoms with van der Waals surface area (Å²) >= 11 is 0. The first-order valence-corrected chi connectivity index (χ1v) is 28.9. The molecule has 16 heteroatoms. The van der Waals surface area contributed by atoms with Crippen molar-refractivity contribution in [2.45, 2.75) is 58.5 Å². The van der Waals surface area contributed by atoms with Crippen molar-refractivity contribution in [2.75, 3.05) is 19.6 Å². The van der Waals surface area contributed by atoms with Gasteiger partial charge >= 0.3 is 0 Å². The molecule has 3 aliphatic heterocycles. The van der Waals surface area contributed by atoms with Gasteiger partial charge in [-0.15, -0.1) is 0 Å². The molecule has 0 saturated heterocycles. The molecule has 12 aromatic rings. The second-order valence-corrected chi connectivity index (χ2v) is 22.1. The van der Waals surface area contributed by atoms with Crippen LogP contribution in [0.4, 0.5) is 0 Å². The summed E-state index contributed by atoms with van der Waals surface area (Å²) in [4.78, 5) is 107. The number of hydrogen-bond acceptors (Lipinski definition) is 10. The van der Waals surface area contributed by atoms with Crippen LogP contribution in [0.5, 0.6) is 0 Å². The Bertz CT molecular complexity index is 4190. The molecule has 0 spiro atoms. The van der Waals surface area contributed by atoms with Crippen molar-refractivity contribution >= 4 is 101 Å². The van der Waals surface area contributed by atoms with Gasteiger partial charge in [-0.2, -0.15) is 0 Å². The number of amides is 6. The Kier molecular flexibility index (Phi) is 12.6. The lowest BCUT2D eigenvalue weighted by Crippen LogP contribution is -2.41. The largest absolute Gasteiger partial charge is 0.327 e. The molecule has 0 atom stereocenters. The predicted octanol–water partition coefficient (Wildman–Crippen LogP) is 11.5. The van der Waals surface area contributed by atoms with Crippen molar-refractivity contribution in [2.24, 2.45) is 0 Å². The lowest BCUT2D eigenvalue weighted by Gasteiger charge is -2.28. The van der Waals surface area contributed by atoms with Crippen LogP contribution in [-0.2, 0) is 39.3 Å². The van der Waals surface area contributed by atoms with Gasteiger partial charge in [0.05, 0.1) is 52.7 Å². The molecule has 6 amide bonds. The fourth-order valence-corrected chi connectivity index (χ4v) is 13.3. The zero-order valence-electron chi connectivity index (χ0n) is 46.2. The van der Waals surface area contributed by atoms with Crippen molar-refractivity contribution in [3.63, 3.8) is 0 Å². The van der Waals surface area contributed by atoms with E-state index in [4.69, 9.17) is 15.0 Å². The highest BCUT2D eigenvalue weighted by atomic mass is 16.2. The van der Waals surface area contributed by atoms with Crippen molar-refractivity contribution in [3.05, 3.63) is 233 Å². The molecule has 0 saturated carbocycles. The van der Waals surface area contributed by atoms with Gasteiger partial charge < -0.3 is 13.7 Å². The van der Waals surface area contributed by atoms with Gasteiger partial charge in [0.15, 0.2) is 0 Å². The Balaban J connectivity index is 0.754. The number of nitrogens with zero attached hydrogens (tertiary/aromatic N) is 10. The minimum Gasteiger partial charge on any atom is -0.327 e. The van der Waals surface area contributed by atoms with Crippen molar-refractivity contribution in [1.29, 1.82) is 0 Å². The molecule has 9 aromatic carbocycles. The van der Waals surface area contributed by atoms with Gasteiger partial charge in [0.1, 0.15) is 17.5 Å².